The van der Waals surface area contributed by atoms with Crippen LogP contribution in [0.5, 0.6) is 0 Å². The lowest BCUT2D eigenvalue weighted by Crippen LogP contribution is -2.12. The SMILES string of the molecule is CCNc1cc(NC(C)c2nncn2C)cc([N+](=O)[O-])c1. The van der Waals surface area contributed by atoms with E-state index >= 15 is 0 Å². The Kier molecular flexibility index (Phi) is 4.36. The molecule has 0 saturated carbocycles. The van der Waals surface area contributed by atoms with Crippen LogP contribution in [0.1, 0.15) is 25.7 Å². The molecule has 0 aliphatic heterocycles. The zero-order valence-electron chi connectivity index (χ0n) is 12.2. The van der Waals surface area contributed by atoms with Crippen LogP contribution in [0.15, 0.2) is 24.5 Å². The summed E-state index contributed by atoms with van der Waals surface area (Å²) in [4.78, 5) is 10.6. The van der Waals surface area contributed by atoms with Gasteiger partial charge >= 0.3 is 0 Å². The Morgan fingerprint density at radius 2 is 2.10 bits per heavy atom. The van der Waals surface area contributed by atoms with Gasteiger partial charge in [0.05, 0.1) is 11.0 Å². The standard InChI is InChI=1S/C13H18N6O2/c1-4-14-10-5-11(7-12(6-10)19(20)21)16-9(2)13-17-15-8-18(13)3/h5-9,14,16H,4H2,1-3H3. The molecule has 2 rings (SSSR count). The minimum atomic E-state index is -0.404. The minimum absolute atomic E-state index is 0.0427. The molecule has 0 saturated heterocycles. The van der Waals surface area contributed by atoms with Crippen LogP contribution < -0.4 is 10.6 Å². The third kappa shape index (κ3) is 3.47. The Bertz CT molecular complexity index is 639. The highest BCUT2D eigenvalue weighted by atomic mass is 16.6. The van der Waals surface area contributed by atoms with Crippen molar-refractivity contribution in [1.29, 1.82) is 0 Å². The first-order valence-electron chi connectivity index (χ1n) is 6.65. The van der Waals surface area contributed by atoms with Crippen molar-refractivity contribution in [2.24, 2.45) is 7.05 Å². The number of aryl methyl sites for hydroxylation is 1. The molecule has 0 spiro atoms. The number of nitrogens with zero attached hydrogens (tertiary/aromatic N) is 4. The van der Waals surface area contributed by atoms with E-state index in [4.69, 9.17) is 0 Å². The average molecular weight is 290 g/mol. The second-order valence-corrected chi connectivity index (χ2v) is 4.72. The van der Waals surface area contributed by atoms with Crippen LogP contribution in [0.3, 0.4) is 0 Å². The summed E-state index contributed by atoms with van der Waals surface area (Å²) in [7, 11) is 1.85. The Morgan fingerprint density at radius 1 is 1.38 bits per heavy atom. The Hall–Kier alpha value is -2.64. The van der Waals surface area contributed by atoms with Gasteiger partial charge in [0.25, 0.3) is 5.69 Å². The smallest absolute Gasteiger partial charge is 0.273 e. The van der Waals surface area contributed by atoms with E-state index in [2.05, 4.69) is 20.8 Å². The van der Waals surface area contributed by atoms with E-state index in [-0.39, 0.29) is 11.7 Å². The topological polar surface area (TPSA) is 97.9 Å². The zero-order valence-corrected chi connectivity index (χ0v) is 12.2. The lowest BCUT2D eigenvalue weighted by atomic mass is 10.2. The number of aromatic nitrogens is 3. The average Bonchev–Trinajstić information content (AvgIpc) is 2.85. The van der Waals surface area contributed by atoms with Crippen LogP contribution in [0.4, 0.5) is 17.1 Å². The van der Waals surface area contributed by atoms with Crippen molar-refractivity contribution in [3.63, 3.8) is 0 Å². The molecule has 0 fully saturated rings. The molecule has 112 valence electrons. The minimum Gasteiger partial charge on any atom is -0.385 e. The van der Waals surface area contributed by atoms with Gasteiger partial charge in [-0.15, -0.1) is 10.2 Å². The van der Waals surface area contributed by atoms with Gasteiger partial charge in [0, 0.05) is 37.1 Å². The van der Waals surface area contributed by atoms with Gasteiger partial charge in [-0.1, -0.05) is 0 Å². The molecular weight excluding hydrogens is 272 g/mol. The summed E-state index contributed by atoms with van der Waals surface area (Å²) in [6.45, 7) is 4.56. The van der Waals surface area contributed by atoms with E-state index in [9.17, 15) is 10.1 Å². The molecule has 8 heteroatoms. The molecule has 8 nitrogen and oxygen atoms in total. The molecule has 1 heterocycles. The van der Waals surface area contributed by atoms with Crippen molar-refractivity contribution < 1.29 is 4.92 Å². The number of hydrogen-bond acceptors (Lipinski definition) is 6. The largest absolute Gasteiger partial charge is 0.385 e. The Labute approximate surface area is 122 Å². The van der Waals surface area contributed by atoms with Crippen molar-refractivity contribution in [2.75, 3.05) is 17.2 Å². The normalized spacial score (nSPS) is 12.0. The number of anilines is 2. The summed E-state index contributed by atoms with van der Waals surface area (Å²) in [5.41, 5.74) is 1.41. The van der Waals surface area contributed by atoms with Gasteiger partial charge in [0.1, 0.15) is 6.33 Å². The van der Waals surface area contributed by atoms with Crippen LogP contribution >= 0.6 is 0 Å². The summed E-state index contributed by atoms with van der Waals surface area (Å²) in [5, 5.41) is 25.2. The number of nitrogens with one attached hydrogen (secondary N) is 2. The van der Waals surface area contributed by atoms with E-state index in [0.29, 0.717) is 17.9 Å². The Balaban J connectivity index is 2.26. The van der Waals surface area contributed by atoms with Gasteiger partial charge in [0.15, 0.2) is 5.82 Å². The summed E-state index contributed by atoms with van der Waals surface area (Å²) in [5.74, 6) is 0.756. The molecule has 2 N–H and O–H groups in total. The summed E-state index contributed by atoms with van der Waals surface area (Å²) >= 11 is 0. The molecule has 1 atom stereocenters. The molecule has 0 bridgehead atoms. The Morgan fingerprint density at radius 3 is 2.67 bits per heavy atom. The van der Waals surface area contributed by atoms with Gasteiger partial charge in [-0.3, -0.25) is 10.1 Å². The summed E-state index contributed by atoms with van der Waals surface area (Å²) in [6.07, 6.45) is 1.62. The molecule has 1 unspecified atom stereocenters. The first-order valence-corrected chi connectivity index (χ1v) is 6.65. The van der Waals surface area contributed by atoms with Gasteiger partial charge < -0.3 is 15.2 Å². The van der Waals surface area contributed by atoms with E-state index in [0.717, 1.165) is 5.82 Å². The van der Waals surface area contributed by atoms with Crippen molar-refractivity contribution in [2.45, 2.75) is 19.9 Å². The zero-order chi connectivity index (χ0) is 15.4. The van der Waals surface area contributed by atoms with Crippen molar-refractivity contribution in [3.05, 3.63) is 40.5 Å². The third-order valence-electron chi connectivity index (χ3n) is 3.03. The van der Waals surface area contributed by atoms with Gasteiger partial charge in [0.2, 0.25) is 0 Å². The highest BCUT2D eigenvalue weighted by Gasteiger charge is 2.14. The third-order valence-corrected chi connectivity index (χ3v) is 3.03. The molecule has 0 aliphatic carbocycles. The van der Waals surface area contributed by atoms with Crippen LogP contribution in [0, 0.1) is 10.1 Å². The summed E-state index contributed by atoms with van der Waals surface area (Å²) in [6, 6.07) is 4.74. The lowest BCUT2D eigenvalue weighted by Gasteiger charge is -2.15. The van der Waals surface area contributed by atoms with Gasteiger partial charge in [-0.25, -0.2) is 0 Å². The van der Waals surface area contributed by atoms with Crippen LogP contribution in [0.25, 0.3) is 0 Å². The molecule has 0 amide bonds. The number of nitro groups is 1. The number of rotatable bonds is 6. The maximum Gasteiger partial charge on any atom is 0.273 e. The van der Waals surface area contributed by atoms with E-state index in [1.54, 1.807) is 10.9 Å². The van der Waals surface area contributed by atoms with Crippen molar-refractivity contribution in [3.8, 4) is 0 Å². The highest BCUT2D eigenvalue weighted by Crippen LogP contribution is 2.26. The molecule has 21 heavy (non-hydrogen) atoms. The number of hydrogen-bond donors (Lipinski definition) is 2. The van der Waals surface area contributed by atoms with Crippen LogP contribution in [-0.4, -0.2) is 26.2 Å². The molecule has 1 aromatic heterocycles. The molecule has 2 aromatic rings. The predicted molar refractivity (Wildman–Crippen MR) is 80.3 cm³/mol. The first-order chi connectivity index (χ1) is 10.0. The first kappa shape index (κ1) is 14.8. The molecular formula is C13H18N6O2. The molecule has 0 radical (unpaired) electrons. The second-order valence-electron chi connectivity index (χ2n) is 4.72. The lowest BCUT2D eigenvalue weighted by molar-refractivity contribution is -0.384. The fourth-order valence-electron chi connectivity index (χ4n) is 2.10. The number of nitro benzene ring substituents is 1. The quantitative estimate of drug-likeness (QED) is 0.626. The monoisotopic (exact) mass is 290 g/mol. The van der Waals surface area contributed by atoms with Crippen LogP contribution in [-0.2, 0) is 7.05 Å². The van der Waals surface area contributed by atoms with Crippen LogP contribution in [0.2, 0.25) is 0 Å². The second kappa shape index (κ2) is 6.21. The maximum absolute atomic E-state index is 11.0. The fourth-order valence-corrected chi connectivity index (χ4v) is 2.10. The molecule has 1 aromatic carbocycles. The van der Waals surface area contributed by atoms with Crippen molar-refractivity contribution >= 4 is 17.1 Å². The highest BCUT2D eigenvalue weighted by molar-refractivity contribution is 5.63. The summed E-state index contributed by atoms with van der Waals surface area (Å²) < 4.78 is 1.81. The predicted octanol–water partition coefficient (Wildman–Crippen LogP) is 2.33. The van der Waals surface area contributed by atoms with E-state index < -0.39 is 4.92 Å². The van der Waals surface area contributed by atoms with E-state index in [1.165, 1.54) is 12.1 Å². The van der Waals surface area contributed by atoms with Crippen molar-refractivity contribution in [1.82, 2.24) is 14.8 Å². The maximum atomic E-state index is 11.0. The van der Waals surface area contributed by atoms with E-state index in [1.807, 2.05) is 27.0 Å². The van der Waals surface area contributed by atoms with Gasteiger partial charge in [-0.2, -0.15) is 0 Å². The number of non-ortho nitro benzene ring substituents is 1. The fraction of sp³-hybridized carbons (Fsp3) is 0.385. The molecule has 0 aliphatic rings. The van der Waals surface area contributed by atoms with Gasteiger partial charge in [-0.05, 0) is 19.9 Å². The number of benzene rings is 1.